The molecule has 5 heteroatoms. The molecule has 0 aromatic heterocycles. The highest BCUT2D eigenvalue weighted by Gasteiger charge is 2.53. The van der Waals surface area contributed by atoms with E-state index in [0.717, 1.165) is 12.0 Å². The van der Waals surface area contributed by atoms with E-state index in [2.05, 4.69) is 122 Å². The molecule has 3 unspecified atom stereocenters. The van der Waals surface area contributed by atoms with Crippen LogP contribution >= 0.6 is 0 Å². The van der Waals surface area contributed by atoms with Crippen LogP contribution in [0.25, 0.3) is 0 Å². The Hall–Kier alpha value is -1.51. The van der Waals surface area contributed by atoms with E-state index in [1.54, 1.807) is 0 Å². The third-order valence-electron chi connectivity index (χ3n) is 8.25. The first-order valence-electron chi connectivity index (χ1n) is 13.0. The highest BCUT2D eigenvalue weighted by molar-refractivity contribution is 6.99. The molecule has 0 heterocycles. The van der Waals surface area contributed by atoms with Gasteiger partial charge in [-0.3, -0.25) is 0 Å². The Bertz CT molecular complexity index is 935. The topological polar surface area (TPSA) is 38.7 Å². The molecule has 0 bridgehead atoms. The molecule has 3 nitrogen and oxygen atoms in total. The second-order valence-corrected chi connectivity index (χ2v) is 21.7. The molecule has 2 aromatic carbocycles. The van der Waals surface area contributed by atoms with Gasteiger partial charge in [-0.25, -0.2) is 0 Å². The SMILES string of the molecule is C=C1C(O)CC(O[Si](c2ccccc2)(c2ccccc2)C(C)(C)C)C1CCO[Si](C)(C)C(C)(C)C. The van der Waals surface area contributed by atoms with E-state index < -0.39 is 22.7 Å². The van der Waals surface area contributed by atoms with Crippen LogP contribution in [-0.2, 0) is 8.85 Å². The molecule has 1 N–H and O–H groups in total. The van der Waals surface area contributed by atoms with Gasteiger partial charge in [0, 0.05) is 18.9 Å². The molecule has 192 valence electrons. The normalized spacial score (nSPS) is 22.0. The number of hydrogen-bond acceptors (Lipinski definition) is 3. The summed E-state index contributed by atoms with van der Waals surface area (Å²) in [4.78, 5) is 0. The summed E-state index contributed by atoms with van der Waals surface area (Å²) in [6.07, 6.45) is 0.794. The van der Waals surface area contributed by atoms with Gasteiger partial charge in [-0.15, -0.1) is 0 Å². The molecule has 0 radical (unpaired) electrons. The van der Waals surface area contributed by atoms with E-state index in [0.29, 0.717) is 13.0 Å². The third-order valence-corrected chi connectivity index (χ3v) is 17.9. The first kappa shape index (κ1) is 28.1. The Morgan fingerprint density at radius 1 is 0.857 bits per heavy atom. The van der Waals surface area contributed by atoms with Crippen molar-refractivity contribution in [1.29, 1.82) is 0 Å². The first-order valence-corrected chi connectivity index (χ1v) is 17.8. The fourth-order valence-electron chi connectivity index (χ4n) is 5.10. The molecule has 1 saturated carbocycles. The van der Waals surface area contributed by atoms with Crippen molar-refractivity contribution in [2.75, 3.05) is 6.61 Å². The average Bonchev–Trinajstić information content (AvgIpc) is 3.04. The molecule has 1 aliphatic carbocycles. The Morgan fingerprint density at radius 2 is 1.34 bits per heavy atom. The standard InChI is InChI=1S/C30H46O3Si2/c1-23-26(20-21-32-34(8,9)29(2,3)4)28(22-27(23)31)33-35(30(5,6)7,24-16-12-10-13-17-24)25-18-14-11-15-19-25/h10-19,26-28,31H,1,20-22H2,2-9H3. The predicted molar refractivity (Wildman–Crippen MR) is 154 cm³/mol. The average molecular weight is 511 g/mol. The lowest BCUT2D eigenvalue weighted by Crippen LogP contribution is -2.68. The lowest BCUT2D eigenvalue weighted by atomic mass is 9.98. The summed E-state index contributed by atoms with van der Waals surface area (Å²) in [6.45, 7) is 23.3. The molecule has 35 heavy (non-hydrogen) atoms. The van der Waals surface area contributed by atoms with Crippen molar-refractivity contribution in [2.45, 2.75) is 89.8 Å². The quantitative estimate of drug-likeness (QED) is 0.335. The molecule has 0 saturated heterocycles. The lowest BCUT2D eigenvalue weighted by Gasteiger charge is -2.45. The highest BCUT2D eigenvalue weighted by Crippen LogP contribution is 2.43. The minimum Gasteiger partial charge on any atom is -0.417 e. The molecule has 1 aliphatic rings. The number of aliphatic hydroxyl groups excluding tert-OH is 1. The molecule has 0 spiro atoms. The van der Waals surface area contributed by atoms with Crippen LogP contribution in [-0.4, -0.2) is 40.6 Å². The molecule has 3 atom stereocenters. The van der Waals surface area contributed by atoms with Gasteiger partial charge in [0.15, 0.2) is 8.32 Å². The van der Waals surface area contributed by atoms with E-state index in [4.69, 9.17) is 8.85 Å². The maximum Gasteiger partial charge on any atom is 0.261 e. The number of aliphatic hydroxyl groups is 1. The van der Waals surface area contributed by atoms with Gasteiger partial charge in [0.05, 0.1) is 12.2 Å². The van der Waals surface area contributed by atoms with Gasteiger partial charge in [0.2, 0.25) is 0 Å². The maximum atomic E-state index is 10.9. The third kappa shape index (κ3) is 5.75. The maximum absolute atomic E-state index is 10.9. The molecular formula is C30H46O3Si2. The van der Waals surface area contributed by atoms with Gasteiger partial charge in [-0.2, -0.15) is 0 Å². The fourth-order valence-corrected chi connectivity index (χ4v) is 10.9. The first-order chi connectivity index (χ1) is 16.2. The molecule has 1 fully saturated rings. The molecular weight excluding hydrogens is 464 g/mol. The zero-order valence-corrected chi connectivity index (χ0v) is 25.1. The Kier molecular flexibility index (Phi) is 8.39. The van der Waals surface area contributed by atoms with E-state index in [1.165, 1.54) is 10.4 Å². The summed E-state index contributed by atoms with van der Waals surface area (Å²) in [5.74, 6) is 0.0800. The van der Waals surface area contributed by atoms with Gasteiger partial charge in [-0.05, 0) is 45.5 Å². The zero-order chi connectivity index (χ0) is 26.1. The minimum atomic E-state index is -2.71. The summed E-state index contributed by atoms with van der Waals surface area (Å²) in [6, 6.07) is 21.5. The van der Waals surface area contributed by atoms with Gasteiger partial charge < -0.3 is 14.0 Å². The van der Waals surface area contributed by atoms with E-state index in [-0.39, 0.29) is 22.1 Å². The smallest absolute Gasteiger partial charge is 0.261 e. The van der Waals surface area contributed by atoms with Crippen LogP contribution in [0.3, 0.4) is 0 Å². The summed E-state index contributed by atoms with van der Waals surface area (Å²) in [7, 11) is -4.55. The van der Waals surface area contributed by atoms with E-state index in [1.807, 2.05) is 0 Å². The zero-order valence-electron chi connectivity index (χ0n) is 23.1. The summed E-state index contributed by atoms with van der Waals surface area (Å²) in [5, 5.41) is 13.5. The Morgan fingerprint density at radius 3 is 1.77 bits per heavy atom. The largest absolute Gasteiger partial charge is 0.417 e. The minimum absolute atomic E-state index is 0.0800. The van der Waals surface area contributed by atoms with Crippen molar-refractivity contribution < 1.29 is 14.0 Å². The number of benzene rings is 2. The highest BCUT2D eigenvalue weighted by atomic mass is 28.4. The van der Waals surface area contributed by atoms with Crippen molar-refractivity contribution in [3.63, 3.8) is 0 Å². The van der Waals surface area contributed by atoms with Crippen molar-refractivity contribution >= 4 is 27.0 Å². The van der Waals surface area contributed by atoms with Gasteiger partial charge >= 0.3 is 0 Å². The molecule has 0 amide bonds. The van der Waals surface area contributed by atoms with Crippen molar-refractivity contribution in [3.8, 4) is 0 Å². The van der Waals surface area contributed by atoms with Crippen molar-refractivity contribution in [2.24, 2.45) is 5.92 Å². The summed E-state index contributed by atoms with van der Waals surface area (Å²) >= 11 is 0. The molecule has 0 aliphatic heterocycles. The second-order valence-electron chi connectivity index (χ2n) is 12.6. The second kappa shape index (κ2) is 10.5. The summed E-state index contributed by atoms with van der Waals surface area (Å²) in [5.41, 5.74) is 0.895. The van der Waals surface area contributed by atoms with E-state index >= 15 is 0 Å². The van der Waals surface area contributed by atoms with Crippen LogP contribution in [0.4, 0.5) is 0 Å². The van der Waals surface area contributed by atoms with Crippen LogP contribution in [0.2, 0.25) is 23.2 Å². The summed E-state index contributed by atoms with van der Waals surface area (Å²) < 4.78 is 13.9. The van der Waals surface area contributed by atoms with Gasteiger partial charge in [-0.1, -0.05) is 109 Å². The molecule has 3 rings (SSSR count). The van der Waals surface area contributed by atoms with Crippen molar-refractivity contribution in [3.05, 3.63) is 72.8 Å². The van der Waals surface area contributed by atoms with Crippen molar-refractivity contribution in [1.82, 2.24) is 0 Å². The van der Waals surface area contributed by atoms with Gasteiger partial charge in [0.1, 0.15) is 0 Å². The van der Waals surface area contributed by atoms with Crippen LogP contribution < -0.4 is 10.4 Å². The van der Waals surface area contributed by atoms with Crippen LogP contribution in [0.1, 0.15) is 54.4 Å². The Labute approximate surface area is 215 Å². The number of rotatable bonds is 8. The molecule has 2 aromatic rings. The monoisotopic (exact) mass is 510 g/mol. The van der Waals surface area contributed by atoms with Crippen LogP contribution in [0, 0.1) is 5.92 Å². The fraction of sp³-hybridized carbons (Fsp3) is 0.533. The van der Waals surface area contributed by atoms with Gasteiger partial charge in [0.25, 0.3) is 8.32 Å². The lowest BCUT2D eigenvalue weighted by molar-refractivity contribution is 0.121. The predicted octanol–water partition coefficient (Wildman–Crippen LogP) is 6.28. The van der Waals surface area contributed by atoms with Crippen LogP contribution in [0.5, 0.6) is 0 Å². The van der Waals surface area contributed by atoms with E-state index in [9.17, 15) is 5.11 Å². The Balaban J connectivity index is 1.97. The van der Waals surface area contributed by atoms with Crippen LogP contribution in [0.15, 0.2) is 72.8 Å². The number of hydrogen-bond donors (Lipinski definition) is 1.